The van der Waals surface area contributed by atoms with E-state index in [1.807, 2.05) is 26.0 Å². The Kier molecular flexibility index (Phi) is 3.69. The summed E-state index contributed by atoms with van der Waals surface area (Å²) < 4.78 is 5.73. The zero-order valence-electron chi connectivity index (χ0n) is 11.8. The predicted molar refractivity (Wildman–Crippen MR) is 77.2 cm³/mol. The van der Waals surface area contributed by atoms with Gasteiger partial charge in [0, 0.05) is 13.6 Å². The van der Waals surface area contributed by atoms with Gasteiger partial charge in [0.25, 0.3) is 0 Å². The van der Waals surface area contributed by atoms with Crippen molar-refractivity contribution in [2.75, 3.05) is 24.2 Å². The number of anilines is 2. The Morgan fingerprint density at radius 1 is 1.44 bits per heavy atom. The molecule has 0 amide bonds. The van der Waals surface area contributed by atoms with Crippen molar-refractivity contribution < 1.29 is 4.74 Å². The molecule has 100 valence electrons. The van der Waals surface area contributed by atoms with Crippen molar-refractivity contribution in [3.8, 4) is 5.75 Å². The van der Waals surface area contributed by atoms with Gasteiger partial charge < -0.3 is 15.4 Å². The molecule has 0 radical (unpaired) electrons. The van der Waals surface area contributed by atoms with Gasteiger partial charge in [-0.2, -0.15) is 0 Å². The van der Waals surface area contributed by atoms with Gasteiger partial charge in [-0.1, -0.05) is 13.0 Å². The Balaban J connectivity index is 2.11. The number of benzene rings is 1. The molecule has 2 atom stereocenters. The van der Waals surface area contributed by atoms with Crippen LogP contribution in [0.5, 0.6) is 5.75 Å². The SMILES string of the molecule is CC(C)Oc1cccc(N(C)CC2CC2C)c1N. The van der Waals surface area contributed by atoms with E-state index in [-0.39, 0.29) is 6.10 Å². The average molecular weight is 248 g/mol. The second-order valence-corrected chi connectivity index (χ2v) is 5.71. The minimum absolute atomic E-state index is 0.149. The fraction of sp³-hybridized carbons (Fsp3) is 0.600. The summed E-state index contributed by atoms with van der Waals surface area (Å²) in [6.45, 7) is 7.42. The van der Waals surface area contributed by atoms with Gasteiger partial charge >= 0.3 is 0 Å². The Morgan fingerprint density at radius 2 is 2.11 bits per heavy atom. The first-order valence-electron chi connectivity index (χ1n) is 6.75. The summed E-state index contributed by atoms with van der Waals surface area (Å²) in [6.07, 6.45) is 1.49. The monoisotopic (exact) mass is 248 g/mol. The van der Waals surface area contributed by atoms with Crippen LogP contribution in [0.3, 0.4) is 0 Å². The Labute approximate surface area is 110 Å². The first-order chi connectivity index (χ1) is 8.49. The summed E-state index contributed by atoms with van der Waals surface area (Å²) >= 11 is 0. The molecular formula is C15H24N2O. The molecule has 0 heterocycles. The molecule has 1 fully saturated rings. The fourth-order valence-corrected chi connectivity index (χ4v) is 2.33. The number of hydrogen-bond acceptors (Lipinski definition) is 3. The van der Waals surface area contributed by atoms with Crippen LogP contribution in [-0.2, 0) is 0 Å². The van der Waals surface area contributed by atoms with E-state index in [2.05, 4.69) is 24.9 Å². The van der Waals surface area contributed by atoms with Gasteiger partial charge in [0.2, 0.25) is 0 Å². The largest absolute Gasteiger partial charge is 0.489 e. The minimum Gasteiger partial charge on any atom is -0.489 e. The standard InChI is InChI=1S/C15H24N2O/c1-10(2)18-14-7-5-6-13(15(14)16)17(4)9-12-8-11(12)3/h5-7,10-12H,8-9,16H2,1-4H3. The number of hydrogen-bond donors (Lipinski definition) is 1. The van der Waals surface area contributed by atoms with Crippen molar-refractivity contribution in [1.29, 1.82) is 0 Å². The van der Waals surface area contributed by atoms with Crippen LogP contribution in [0.2, 0.25) is 0 Å². The summed E-state index contributed by atoms with van der Waals surface area (Å²) in [7, 11) is 2.11. The lowest BCUT2D eigenvalue weighted by atomic mass is 10.2. The fourth-order valence-electron chi connectivity index (χ4n) is 2.33. The quantitative estimate of drug-likeness (QED) is 0.814. The molecule has 1 aromatic rings. The first kappa shape index (κ1) is 13.1. The molecule has 0 saturated heterocycles. The van der Waals surface area contributed by atoms with E-state index >= 15 is 0 Å². The van der Waals surface area contributed by atoms with E-state index in [0.717, 1.165) is 35.5 Å². The lowest BCUT2D eigenvalue weighted by Crippen LogP contribution is -2.22. The maximum absolute atomic E-state index is 6.20. The molecular weight excluding hydrogens is 224 g/mol. The van der Waals surface area contributed by atoms with E-state index in [0.29, 0.717) is 0 Å². The van der Waals surface area contributed by atoms with Gasteiger partial charge in [0.15, 0.2) is 0 Å². The van der Waals surface area contributed by atoms with E-state index in [4.69, 9.17) is 10.5 Å². The second kappa shape index (κ2) is 5.09. The number of nitrogen functional groups attached to an aromatic ring is 1. The van der Waals surface area contributed by atoms with Gasteiger partial charge in [-0.15, -0.1) is 0 Å². The maximum Gasteiger partial charge on any atom is 0.144 e. The molecule has 18 heavy (non-hydrogen) atoms. The molecule has 3 nitrogen and oxygen atoms in total. The van der Waals surface area contributed by atoms with E-state index in [9.17, 15) is 0 Å². The zero-order chi connectivity index (χ0) is 13.3. The van der Waals surface area contributed by atoms with E-state index in [1.165, 1.54) is 6.42 Å². The van der Waals surface area contributed by atoms with Gasteiger partial charge in [-0.25, -0.2) is 0 Å². The summed E-state index contributed by atoms with van der Waals surface area (Å²) in [5.41, 5.74) is 8.02. The van der Waals surface area contributed by atoms with Gasteiger partial charge in [0.05, 0.1) is 17.5 Å². The lowest BCUT2D eigenvalue weighted by Gasteiger charge is -2.23. The molecule has 2 unspecified atom stereocenters. The highest BCUT2D eigenvalue weighted by molar-refractivity contribution is 5.73. The van der Waals surface area contributed by atoms with Gasteiger partial charge in [-0.3, -0.25) is 0 Å². The Morgan fingerprint density at radius 3 is 2.67 bits per heavy atom. The summed E-state index contributed by atoms with van der Waals surface area (Å²) in [5, 5.41) is 0. The van der Waals surface area contributed by atoms with Crippen LogP contribution in [0.4, 0.5) is 11.4 Å². The average Bonchev–Trinajstić information content (AvgIpc) is 2.96. The lowest BCUT2D eigenvalue weighted by molar-refractivity contribution is 0.244. The minimum atomic E-state index is 0.149. The van der Waals surface area contributed by atoms with Crippen LogP contribution in [-0.4, -0.2) is 19.7 Å². The molecule has 1 aliphatic carbocycles. The van der Waals surface area contributed by atoms with Gasteiger partial charge in [0.1, 0.15) is 5.75 Å². The van der Waals surface area contributed by atoms with Crippen LogP contribution in [0.25, 0.3) is 0 Å². The highest BCUT2D eigenvalue weighted by Gasteiger charge is 2.33. The normalized spacial score (nSPS) is 22.1. The highest BCUT2D eigenvalue weighted by Crippen LogP contribution is 2.40. The third-order valence-electron chi connectivity index (χ3n) is 3.60. The first-order valence-corrected chi connectivity index (χ1v) is 6.75. The molecule has 0 aromatic heterocycles. The third-order valence-corrected chi connectivity index (χ3v) is 3.60. The molecule has 1 aliphatic rings. The molecule has 3 heteroatoms. The molecule has 0 aliphatic heterocycles. The van der Waals surface area contributed by atoms with E-state index < -0.39 is 0 Å². The number of nitrogens with two attached hydrogens (primary N) is 1. The number of para-hydroxylation sites is 1. The zero-order valence-corrected chi connectivity index (χ0v) is 11.8. The Bertz CT molecular complexity index is 417. The van der Waals surface area contributed by atoms with Crippen molar-refractivity contribution in [2.45, 2.75) is 33.3 Å². The van der Waals surface area contributed by atoms with Crippen LogP contribution >= 0.6 is 0 Å². The summed E-state index contributed by atoms with van der Waals surface area (Å²) in [4.78, 5) is 2.25. The molecule has 1 saturated carbocycles. The van der Waals surface area contributed by atoms with E-state index in [1.54, 1.807) is 0 Å². The molecule has 0 spiro atoms. The smallest absolute Gasteiger partial charge is 0.144 e. The predicted octanol–water partition coefficient (Wildman–Crippen LogP) is 3.15. The number of nitrogens with zero attached hydrogens (tertiary/aromatic N) is 1. The van der Waals surface area contributed by atoms with Crippen molar-refractivity contribution in [3.05, 3.63) is 18.2 Å². The van der Waals surface area contributed by atoms with Crippen molar-refractivity contribution in [2.24, 2.45) is 11.8 Å². The Hall–Kier alpha value is -1.38. The topological polar surface area (TPSA) is 38.5 Å². The number of ether oxygens (including phenoxy) is 1. The van der Waals surface area contributed by atoms with Crippen LogP contribution in [0, 0.1) is 11.8 Å². The molecule has 1 aromatic carbocycles. The molecule has 2 rings (SSSR count). The second-order valence-electron chi connectivity index (χ2n) is 5.71. The van der Waals surface area contributed by atoms with Crippen LogP contribution in [0.1, 0.15) is 27.2 Å². The maximum atomic E-state index is 6.20. The third kappa shape index (κ3) is 2.89. The highest BCUT2D eigenvalue weighted by atomic mass is 16.5. The van der Waals surface area contributed by atoms with Crippen LogP contribution < -0.4 is 15.4 Å². The molecule has 2 N–H and O–H groups in total. The van der Waals surface area contributed by atoms with Crippen LogP contribution in [0.15, 0.2) is 18.2 Å². The number of rotatable bonds is 5. The van der Waals surface area contributed by atoms with Gasteiger partial charge in [-0.05, 0) is 44.2 Å². The van der Waals surface area contributed by atoms with Crippen molar-refractivity contribution >= 4 is 11.4 Å². The summed E-state index contributed by atoms with van der Waals surface area (Å²) in [6, 6.07) is 6.01. The van der Waals surface area contributed by atoms with Crippen molar-refractivity contribution in [1.82, 2.24) is 0 Å². The van der Waals surface area contributed by atoms with Crippen molar-refractivity contribution in [3.63, 3.8) is 0 Å². The summed E-state index contributed by atoms with van der Waals surface area (Å²) in [5.74, 6) is 2.48. The molecule has 0 bridgehead atoms.